The van der Waals surface area contributed by atoms with E-state index < -0.39 is 18.1 Å². The number of hydrogen-bond acceptors (Lipinski definition) is 3. The molecule has 26 heavy (non-hydrogen) atoms. The van der Waals surface area contributed by atoms with Crippen LogP contribution in [-0.4, -0.2) is 41.1 Å². The maximum atomic E-state index is 13.2. The first-order valence-electron chi connectivity index (χ1n) is 9.42. The molecule has 2 aliphatic rings. The third kappa shape index (κ3) is 4.96. The van der Waals surface area contributed by atoms with Crippen LogP contribution in [0.1, 0.15) is 44.1 Å². The number of piperidine rings is 1. The highest BCUT2D eigenvalue weighted by Gasteiger charge is 2.46. The van der Waals surface area contributed by atoms with Gasteiger partial charge in [0.1, 0.15) is 0 Å². The van der Waals surface area contributed by atoms with Gasteiger partial charge in [0.05, 0.1) is 11.8 Å². The van der Waals surface area contributed by atoms with Crippen LogP contribution in [0.5, 0.6) is 0 Å². The van der Waals surface area contributed by atoms with Gasteiger partial charge >= 0.3 is 6.18 Å². The Morgan fingerprint density at radius 1 is 1.23 bits per heavy atom. The van der Waals surface area contributed by atoms with Gasteiger partial charge in [0.25, 0.3) is 0 Å². The molecule has 1 saturated carbocycles. The summed E-state index contributed by atoms with van der Waals surface area (Å²) < 4.78 is 39.7. The number of hydrogen-bond donors (Lipinski definition) is 1. The molecule has 0 bridgehead atoms. The molecule has 0 radical (unpaired) electrons. The van der Waals surface area contributed by atoms with Gasteiger partial charge in [-0.15, -0.1) is 0 Å². The highest BCUT2D eigenvalue weighted by Crippen LogP contribution is 2.38. The lowest BCUT2D eigenvalue weighted by atomic mass is 9.83. The SMILES string of the molecule is O=C(N[C@@H]1CCCC[C@@H]1C(F)(F)F)[C@@H]1CCCN(Cc2cccnc2)C1. The Morgan fingerprint density at radius 3 is 2.77 bits per heavy atom. The number of amides is 1. The molecule has 1 aliphatic carbocycles. The van der Waals surface area contributed by atoms with Gasteiger partial charge < -0.3 is 5.32 Å². The molecule has 144 valence electrons. The van der Waals surface area contributed by atoms with E-state index in [0.29, 0.717) is 25.9 Å². The lowest BCUT2D eigenvalue weighted by Crippen LogP contribution is -2.51. The Bertz CT molecular complexity index is 593. The molecule has 1 saturated heterocycles. The lowest BCUT2D eigenvalue weighted by Gasteiger charge is -2.36. The standard InChI is InChI=1S/C19H26F3N3O/c20-19(21,22)16-7-1-2-8-17(16)24-18(26)15-6-4-10-25(13-15)12-14-5-3-9-23-11-14/h3,5,9,11,15-17H,1-2,4,6-8,10,12-13H2,(H,24,26)/t15-,16+,17-/m1/s1. The van der Waals surface area contributed by atoms with Gasteiger partial charge in [0.2, 0.25) is 5.91 Å². The number of nitrogens with one attached hydrogen (secondary N) is 1. The molecule has 1 aliphatic heterocycles. The van der Waals surface area contributed by atoms with Crippen molar-refractivity contribution in [2.45, 2.75) is 57.3 Å². The first kappa shape index (κ1) is 19.1. The number of nitrogens with zero attached hydrogens (tertiary/aromatic N) is 2. The van der Waals surface area contributed by atoms with Crippen molar-refractivity contribution in [1.82, 2.24) is 15.2 Å². The second-order valence-electron chi connectivity index (χ2n) is 7.48. The van der Waals surface area contributed by atoms with E-state index >= 15 is 0 Å². The normalized spacial score (nSPS) is 27.9. The average molecular weight is 369 g/mol. The zero-order chi connectivity index (χ0) is 18.6. The van der Waals surface area contributed by atoms with Crippen molar-refractivity contribution in [2.24, 2.45) is 11.8 Å². The number of aromatic nitrogens is 1. The third-order valence-electron chi connectivity index (χ3n) is 5.52. The molecular weight excluding hydrogens is 343 g/mol. The van der Waals surface area contributed by atoms with Gasteiger partial charge in [-0.1, -0.05) is 18.9 Å². The number of halogens is 3. The summed E-state index contributed by atoms with van der Waals surface area (Å²) >= 11 is 0. The quantitative estimate of drug-likeness (QED) is 0.883. The van der Waals surface area contributed by atoms with Crippen LogP contribution in [0.15, 0.2) is 24.5 Å². The van der Waals surface area contributed by atoms with Crippen LogP contribution in [0.4, 0.5) is 13.2 Å². The van der Waals surface area contributed by atoms with Crippen molar-refractivity contribution in [1.29, 1.82) is 0 Å². The van der Waals surface area contributed by atoms with E-state index in [-0.39, 0.29) is 18.2 Å². The summed E-state index contributed by atoms with van der Waals surface area (Å²) in [6.45, 7) is 2.20. The molecule has 2 heterocycles. The van der Waals surface area contributed by atoms with Gasteiger partial charge in [-0.05, 0) is 43.9 Å². The molecule has 1 aromatic rings. The van der Waals surface area contributed by atoms with Gasteiger partial charge in [-0.25, -0.2) is 0 Å². The Kier molecular flexibility index (Phi) is 6.16. The van der Waals surface area contributed by atoms with Crippen molar-refractivity contribution in [2.75, 3.05) is 13.1 Å². The smallest absolute Gasteiger partial charge is 0.352 e. The van der Waals surface area contributed by atoms with Crippen LogP contribution >= 0.6 is 0 Å². The number of likely N-dealkylation sites (tertiary alicyclic amines) is 1. The predicted octanol–water partition coefficient (Wildman–Crippen LogP) is 3.53. The van der Waals surface area contributed by atoms with Crippen LogP contribution in [0, 0.1) is 11.8 Å². The molecule has 2 fully saturated rings. The maximum absolute atomic E-state index is 13.2. The number of carbonyl (C=O) groups is 1. The molecule has 1 aromatic heterocycles. The largest absolute Gasteiger partial charge is 0.393 e. The zero-order valence-corrected chi connectivity index (χ0v) is 14.8. The Morgan fingerprint density at radius 2 is 2.04 bits per heavy atom. The van der Waals surface area contributed by atoms with Crippen molar-refractivity contribution in [3.8, 4) is 0 Å². The molecular formula is C19H26F3N3O. The fraction of sp³-hybridized carbons (Fsp3) is 0.684. The maximum Gasteiger partial charge on any atom is 0.393 e. The molecule has 3 atom stereocenters. The van der Waals surface area contributed by atoms with Gasteiger partial charge in [0, 0.05) is 31.5 Å². The lowest BCUT2D eigenvalue weighted by molar-refractivity contribution is -0.189. The fourth-order valence-corrected chi connectivity index (χ4v) is 4.16. The predicted molar refractivity (Wildman–Crippen MR) is 92.2 cm³/mol. The number of pyridine rings is 1. The van der Waals surface area contributed by atoms with E-state index in [1.165, 1.54) is 0 Å². The summed E-state index contributed by atoms with van der Waals surface area (Å²) in [7, 11) is 0. The zero-order valence-electron chi connectivity index (χ0n) is 14.8. The summed E-state index contributed by atoms with van der Waals surface area (Å²) in [5, 5.41) is 2.73. The third-order valence-corrected chi connectivity index (χ3v) is 5.52. The van der Waals surface area contributed by atoms with Crippen LogP contribution in [0.2, 0.25) is 0 Å². The van der Waals surface area contributed by atoms with Crippen LogP contribution in [-0.2, 0) is 11.3 Å². The summed E-state index contributed by atoms with van der Waals surface area (Å²) in [5.41, 5.74) is 1.08. The molecule has 1 N–H and O–H groups in total. The van der Waals surface area contributed by atoms with Gasteiger partial charge in [0.15, 0.2) is 0 Å². The van der Waals surface area contributed by atoms with Crippen molar-refractivity contribution in [3.63, 3.8) is 0 Å². The Balaban J connectivity index is 1.56. The molecule has 7 heteroatoms. The Hall–Kier alpha value is -1.63. The van der Waals surface area contributed by atoms with Gasteiger partial charge in [-0.2, -0.15) is 13.2 Å². The van der Waals surface area contributed by atoms with Crippen LogP contribution < -0.4 is 5.32 Å². The van der Waals surface area contributed by atoms with Crippen molar-refractivity contribution >= 4 is 5.91 Å². The number of alkyl halides is 3. The summed E-state index contributed by atoms with van der Waals surface area (Å²) in [6, 6.07) is 3.10. The van der Waals surface area contributed by atoms with Gasteiger partial charge in [-0.3, -0.25) is 14.7 Å². The summed E-state index contributed by atoms with van der Waals surface area (Å²) in [4.78, 5) is 18.9. The molecule has 1 amide bonds. The van der Waals surface area contributed by atoms with E-state index in [1.54, 1.807) is 12.4 Å². The number of carbonyl (C=O) groups excluding carboxylic acids is 1. The molecule has 0 spiro atoms. The fourth-order valence-electron chi connectivity index (χ4n) is 4.16. The second-order valence-corrected chi connectivity index (χ2v) is 7.48. The van der Waals surface area contributed by atoms with E-state index in [2.05, 4.69) is 15.2 Å². The topological polar surface area (TPSA) is 45.2 Å². The summed E-state index contributed by atoms with van der Waals surface area (Å²) in [5.74, 6) is -1.87. The Labute approximate surface area is 152 Å². The first-order chi connectivity index (χ1) is 12.4. The van der Waals surface area contributed by atoms with E-state index in [0.717, 1.165) is 31.4 Å². The number of rotatable bonds is 4. The second kappa shape index (κ2) is 8.37. The minimum absolute atomic E-state index is 0.117. The minimum atomic E-state index is -4.24. The van der Waals surface area contributed by atoms with E-state index in [1.807, 2.05) is 12.1 Å². The summed E-state index contributed by atoms with van der Waals surface area (Å²) in [6.07, 6.45) is 2.76. The minimum Gasteiger partial charge on any atom is -0.352 e. The average Bonchev–Trinajstić information content (AvgIpc) is 2.62. The van der Waals surface area contributed by atoms with Crippen molar-refractivity contribution < 1.29 is 18.0 Å². The molecule has 4 nitrogen and oxygen atoms in total. The highest BCUT2D eigenvalue weighted by molar-refractivity contribution is 5.79. The van der Waals surface area contributed by atoms with Crippen molar-refractivity contribution in [3.05, 3.63) is 30.1 Å². The molecule has 0 aromatic carbocycles. The van der Waals surface area contributed by atoms with E-state index in [4.69, 9.17) is 0 Å². The first-order valence-corrected chi connectivity index (χ1v) is 9.42. The monoisotopic (exact) mass is 369 g/mol. The highest BCUT2D eigenvalue weighted by atomic mass is 19.4. The molecule has 0 unspecified atom stereocenters. The van der Waals surface area contributed by atoms with Crippen LogP contribution in [0.25, 0.3) is 0 Å². The van der Waals surface area contributed by atoms with Crippen LogP contribution in [0.3, 0.4) is 0 Å². The van der Waals surface area contributed by atoms with E-state index in [9.17, 15) is 18.0 Å². The molecule has 3 rings (SSSR count).